The highest BCUT2D eigenvalue weighted by Gasteiger charge is 2.23. The zero-order valence-corrected chi connectivity index (χ0v) is 27.3. The third kappa shape index (κ3) is 5.95. The molecule has 0 atom stereocenters. The van der Waals surface area contributed by atoms with Gasteiger partial charge in [0.15, 0.2) is 11.2 Å². The number of benzene rings is 4. The van der Waals surface area contributed by atoms with E-state index in [0.29, 0.717) is 34.7 Å². The second-order valence-corrected chi connectivity index (χ2v) is 12.4. The van der Waals surface area contributed by atoms with Gasteiger partial charge in [0.1, 0.15) is 18.2 Å². The number of carbonyl (C=O) groups excluding carboxylic acids is 1. The van der Waals surface area contributed by atoms with Crippen molar-refractivity contribution in [2.45, 2.75) is 46.4 Å². The van der Waals surface area contributed by atoms with E-state index in [1.165, 1.54) is 16.7 Å². The molecule has 0 unspecified atom stereocenters. The van der Waals surface area contributed by atoms with Gasteiger partial charge >= 0.3 is 5.69 Å². The number of hydrogen-bond donors (Lipinski definition) is 1. The molecule has 7 rings (SSSR count). The number of para-hydroxylation sites is 1. The number of aryl methyl sites for hydroxylation is 1. The van der Waals surface area contributed by atoms with E-state index in [1.807, 2.05) is 104 Å². The second kappa shape index (κ2) is 12.8. The molecule has 246 valence electrons. The summed E-state index contributed by atoms with van der Waals surface area (Å²) in [7, 11) is 0. The van der Waals surface area contributed by atoms with E-state index in [4.69, 9.17) is 4.98 Å². The second-order valence-electron chi connectivity index (χ2n) is 12.4. The van der Waals surface area contributed by atoms with E-state index in [-0.39, 0.29) is 29.6 Å². The van der Waals surface area contributed by atoms with Crippen molar-refractivity contribution >= 4 is 33.8 Å². The Bertz CT molecular complexity index is 2460. The molecule has 0 aliphatic rings. The molecular formula is C38H34FN7O3. The molecule has 0 aliphatic heterocycles. The number of aromatic nitrogens is 6. The van der Waals surface area contributed by atoms with Gasteiger partial charge in [0, 0.05) is 18.2 Å². The Kier molecular flexibility index (Phi) is 8.25. The molecule has 3 aromatic heterocycles. The summed E-state index contributed by atoms with van der Waals surface area (Å²) in [5.74, 6) is -0.375. The fourth-order valence-corrected chi connectivity index (χ4v) is 6.31. The van der Waals surface area contributed by atoms with Gasteiger partial charge in [-0.15, -0.1) is 0 Å². The van der Waals surface area contributed by atoms with Gasteiger partial charge in [0.05, 0.1) is 29.6 Å². The molecule has 0 saturated carbocycles. The highest BCUT2D eigenvalue weighted by atomic mass is 19.1. The summed E-state index contributed by atoms with van der Waals surface area (Å²) in [6.07, 6.45) is 1.55. The largest absolute Gasteiger partial charge is 0.333 e. The van der Waals surface area contributed by atoms with Gasteiger partial charge in [-0.2, -0.15) is 0 Å². The van der Waals surface area contributed by atoms with Crippen molar-refractivity contribution in [1.82, 2.24) is 28.2 Å². The zero-order chi connectivity index (χ0) is 34.2. The predicted octanol–water partition coefficient (Wildman–Crippen LogP) is 6.14. The van der Waals surface area contributed by atoms with Gasteiger partial charge in [-0.1, -0.05) is 72.8 Å². The first-order valence-electron chi connectivity index (χ1n) is 16.0. The van der Waals surface area contributed by atoms with E-state index < -0.39 is 23.7 Å². The van der Waals surface area contributed by atoms with Gasteiger partial charge < -0.3 is 14.5 Å². The maximum atomic E-state index is 14.3. The van der Waals surface area contributed by atoms with Crippen molar-refractivity contribution in [3.05, 3.63) is 147 Å². The summed E-state index contributed by atoms with van der Waals surface area (Å²) in [5.41, 5.74) is 4.13. The molecule has 0 saturated heterocycles. The Balaban J connectivity index is 1.30. The van der Waals surface area contributed by atoms with Gasteiger partial charge in [0.2, 0.25) is 5.91 Å². The highest BCUT2D eigenvalue weighted by molar-refractivity contribution is 5.97. The van der Waals surface area contributed by atoms with Crippen molar-refractivity contribution < 1.29 is 9.18 Å². The zero-order valence-electron chi connectivity index (χ0n) is 27.3. The van der Waals surface area contributed by atoms with Crippen LogP contribution in [-0.2, 0) is 24.4 Å². The average molecular weight is 656 g/mol. The van der Waals surface area contributed by atoms with Crippen LogP contribution in [0.3, 0.4) is 0 Å². The van der Waals surface area contributed by atoms with E-state index in [1.54, 1.807) is 17.0 Å². The van der Waals surface area contributed by atoms with Crippen LogP contribution in [0.15, 0.2) is 113 Å². The maximum Gasteiger partial charge on any atom is 0.333 e. The average Bonchev–Trinajstić information content (AvgIpc) is 3.68. The van der Waals surface area contributed by atoms with Crippen LogP contribution in [0.5, 0.6) is 0 Å². The summed E-state index contributed by atoms with van der Waals surface area (Å²) in [4.78, 5) is 51.3. The van der Waals surface area contributed by atoms with Gasteiger partial charge in [0.25, 0.3) is 5.56 Å². The van der Waals surface area contributed by atoms with Crippen molar-refractivity contribution in [2.24, 2.45) is 0 Å². The first-order valence-corrected chi connectivity index (χ1v) is 16.0. The van der Waals surface area contributed by atoms with Crippen LogP contribution in [0.1, 0.15) is 36.6 Å². The fourth-order valence-electron chi connectivity index (χ4n) is 6.31. The number of rotatable bonds is 9. The summed E-state index contributed by atoms with van der Waals surface area (Å²) in [6, 6.07) is 29.0. The summed E-state index contributed by atoms with van der Waals surface area (Å²) < 4.78 is 20.3. The number of halogens is 1. The van der Waals surface area contributed by atoms with Crippen molar-refractivity contribution in [3.63, 3.8) is 0 Å². The summed E-state index contributed by atoms with van der Waals surface area (Å²) in [6.45, 7) is 5.81. The van der Waals surface area contributed by atoms with E-state index in [9.17, 15) is 18.8 Å². The Morgan fingerprint density at radius 1 is 0.857 bits per heavy atom. The van der Waals surface area contributed by atoms with Crippen molar-refractivity contribution in [3.8, 4) is 11.4 Å². The highest BCUT2D eigenvalue weighted by Crippen LogP contribution is 2.35. The lowest BCUT2D eigenvalue weighted by Gasteiger charge is -2.18. The molecule has 11 heteroatoms. The maximum absolute atomic E-state index is 14.3. The first-order chi connectivity index (χ1) is 23.7. The van der Waals surface area contributed by atoms with Crippen LogP contribution in [0, 0.1) is 12.7 Å². The lowest BCUT2D eigenvalue weighted by molar-refractivity contribution is -0.116. The Labute approximate surface area is 280 Å². The smallest absolute Gasteiger partial charge is 0.324 e. The standard InChI is InChI=1S/C38H34FN7O3/c1-24(2)46-31-19-28(39)17-18-30(31)41-35(46)29-16-10-11-25(3)33(29)42-32(47)22-45-37(48)34-36(40-23-43(34)20-26-12-6-4-7-13-26)44(38(45)49)21-27-14-8-5-9-15-27/h4-19,23-24H,20-22H2,1-3H3,(H,42,47). The molecule has 1 amide bonds. The Morgan fingerprint density at radius 3 is 2.24 bits per heavy atom. The first kappa shape index (κ1) is 31.5. The summed E-state index contributed by atoms with van der Waals surface area (Å²) >= 11 is 0. The number of amides is 1. The van der Waals surface area contributed by atoms with E-state index in [2.05, 4.69) is 10.3 Å². The quantitative estimate of drug-likeness (QED) is 0.201. The lowest BCUT2D eigenvalue weighted by Crippen LogP contribution is -2.43. The van der Waals surface area contributed by atoms with Crippen LogP contribution < -0.4 is 16.6 Å². The van der Waals surface area contributed by atoms with Gasteiger partial charge in [-0.05, 0) is 61.7 Å². The summed E-state index contributed by atoms with van der Waals surface area (Å²) in [5, 5.41) is 2.97. The van der Waals surface area contributed by atoms with Gasteiger partial charge in [-0.3, -0.25) is 14.2 Å². The number of fused-ring (bicyclic) bond motifs is 2. The van der Waals surface area contributed by atoms with Crippen LogP contribution in [0.25, 0.3) is 33.6 Å². The number of hydrogen-bond acceptors (Lipinski definition) is 5. The normalized spacial score (nSPS) is 11.5. The fraction of sp³-hybridized carbons (Fsp3) is 0.184. The number of nitrogens with zero attached hydrogens (tertiary/aromatic N) is 6. The van der Waals surface area contributed by atoms with Gasteiger partial charge in [-0.25, -0.2) is 23.7 Å². The van der Waals surface area contributed by atoms with Crippen LogP contribution in [0.2, 0.25) is 0 Å². The molecule has 0 aliphatic carbocycles. The molecule has 3 heterocycles. The van der Waals surface area contributed by atoms with Crippen LogP contribution in [-0.4, -0.2) is 34.1 Å². The third-order valence-corrected chi connectivity index (χ3v) is 8.61. The monoisotopic (exact) mass is 655 g/mol. The van der Waals surface area contributed by atoms with E-state index in [0.717, 1.165) is 21.3 Å². The molecule has 1 N–H and O–H groups in total. The molecule has 0 radical (unpaired) electrons. The third-order valence-electron chi connectivity index (χ3n) is 8.61. The molecule has 0 fully saturated rings. The molecule has 0 spiro atoms. The Hall–Kier alpha value is -6.10. The number of carbonyl (C=O) groups is 1. The van der Waals surface area contributed by atoms with E-state index >= 15 is 0 Å². The number of anilines is 1. The molecule has 10 nitrogen and oxygen atoms in total. The molecular weight excluding hydrogens is 621 g/mol. The lowest BCUT2D eigenvalue weighted by atomic mass is 10.1. The van der Waals surface area contributed by atoms with Crippen LogP contribution in [0.4, 0.5) is 10.1 Å². The molecule has 49 heavy (non-hydrogen) atoms. The minimum Gasteiger partial charge on any atom is -0.324 e. The molecule has 4 aromatic carbocycles. The number of nitrogens with one attached hydrogen (secondary N) is 1. The van der Waals surface area contributed by atoms with Crippen LogP contribution >= 0.6 is 0 Å². The molecule has 7 aromatic rings. The minimum absolute atomic E-state index is 0.0695. The SMILES string of the molecule is Cc1cccc(-c2nc3ccc(F)cc3n2C(C)C)c1NC(=O)Cn1c(=O)c2c(ncn2Cc2ccccc2)n(Cc2ccccc2)c1=O. The predicted molar refractivity (Wildman–Crippen MR) is 188 cm³/mol. The number of imidazole rings is 2. The van der Waals surface area contributed by atoms with Crippen molar-refractivity contribution in [1.29, 1.82) is 0 Å². The Morgan fingerprint density at radius 2 is 1.55 bits per heavy atom. The van der Waals surface area contributed by atoms with Crippen molar-refractivity contribution in [2.75, 3.05) is 5.32 Å². The minimum atomic E-state index is -0.643. The molecule has 0 bridgehead atoms. The topological polar surface area (TPSA) is 109 Å².